The molecule has 1 saturated carbocycles. The van der Waals surface area contributed by atoms with Gasteiger partial charge < -0.3 is 0 Å². The second kappa shape index (κ2) is 4.56. The maximum Gasteiger partial charge on any atom is 0.0753 e. The zero-order chi connectivity index (χ0) is 10.3. The predicted molar refractivity (Wildman–Crippen MR) is 73.3 cm³/mol. The van der Waals surface area contributed by atoms with E-state index in [0.717, 1.165) is 11.8 Å². The molecule has 0 saturated heterocycles. The standard InChI is InChI=1S/C10H11Br3S/c1-2-5-3-6(5)9(12)7-4-8(11)14-10(7)13/h4-6,9H,2-3H2,1H3/t5-,6-,9?/m1/s1. The van der Waals surface area contributed by atoms with E-state index in [1.54, 1.807) is 11.3 Å². The third-order valence-electron chi connectivity index (χ3n) is 2.86. The average molecular weight is 403 g/mol. The molecule has 1 fully saturated rings. The zero-order valence-electron chi connectivity index (χ0n) is 7.77. The monoisotopic (exact) mass is 400 g/mol. The Labute approximate surface area is 114 Å². The van der Waals surface area contributed by atoms with Crippen molar-refractivity contribution in [2.45, 2.75) is 24.6 Å². The SMILES string of the molecule is CC[C@@H]1C[C@H]1C(Br)c1cc(Br)sc1Br. The number of hydrogen-bond acceptors (Lipinski definition) is 1. The molecule has 1 aromatic rings. The number of hydrogen-bond donors (Lipinski definition) is 0. The van der Waals surface area contributed by atoms with Crippen molar-refractivity contribution in [1.29, 1.82) is 0 Å². The van der Waals surface area contributed by atoms with Crippen LogP contribution in [0, 0.1) is 11.8 Å². The van der Waals surface area contributed by atoms with Crippen LogP contribution < -0.4 is 0 Å². The number of thiophene rings is 1. The lowest BCUT2D eigenvalue weighted by Gasteiger charge is -2.07. The molecule has 0 amide bonds. The second-order valence-corrected chi connectivity index (χ2v) is 8.49. The van der Waals surface area contributed by atoms with Crippen molar-refractivity contribution in [2.24, 2.45) is 11.8 Å². The summed E-state index contributed by atoms with van der Waals surface area (Å²) in [7, 11) is 0. The molecule has 0 aliphatic heterocycles. The Bertz CT molecular complexity index is 334. The van der Waals surface area contributed by atoms with Crippen LogP contribution in [0.3, 0.4) is 0 Å². The minimum atomic E-state index is 0.532. The molecule has 0 aromatic carbocycles. The molecule has 78 valence electrons. The average Bonchev–Trinajstić information content (AvgIpc) is 2.85. The Morgan fingerprint density at radius 2 is 2.29 bits per heavy atom. The van der Waals surface area contributed by atoms with Crippen molar-refractivity contribution in [3.63, 3.8) is 0 Å². The van der Waals surface area contributed by atoms with E-state index in [4.69, 9.17) is 0 Å². The van der Waals surface area contributed by atoms with Gasteiger partial charge in [-0.15, -0.1) is 11.3 Å². The summed E-state index contributed by atoms with van der Waals surface area (Å²) in [6, 6.07) is 2.22. The molecule has 0 bridgehead atoms. The van der Waals surface area contributed by atoms with Gasteiger partial charge in [0.1, 0.15) is 0 Å². The second-order valence-electron chi connectivity index (χ2n) is 3.75. The van der Waals surface area contributed by atoms with Crippen LogP contribution in [0.4, 0.5) is 0 Å². The summed E-state index contributed by atoms with van der Waals surface area (Å²) in [5.74, 6) is 1.78. The highest BCUT2D eigenvalue weighted by atomic mass is 79.9. The molecular weight excluding hydrogens is 392 g/mol. The number of alkyl halides is 1. The fourth-order valence-electron chi connectivity index (χ4n) is 1.87. The van der Waals surface area contributed by atoms with Gasteiger partial charge in [0.25, 0.3) is 0 Å². The molecule has 1 aliphatic carbocycles. The van der Waals surface area contributed by atoms with Crippen molar-refractivity contribution in [3.8, 4) is 0 Å². The van der Waals surface area contributed by atoms with Gasteiger partial charge in [-0.05, 0) is 61.7 Å². The van der Waals surface area contributed by atoms with E-state index in [-0.39, 0.29) is 0 Å². The lowest BCUT2D eigenvalue weighted by molar-refractivity contribution is 0.673. The van der Waals surface area contributed by atoms with E-state index in [1.165, 1.54) is 26.0 Å². The Hall–Kier alpha value is 1.14. The molecule has 4 heteroatoms. The first kappa shape index (κ1) is 11.6. The van der Waals surface area contributed by atoms with Crippen LogP contribution in [0.2, 0.25) is 0 Å². The van der Waals surface area contributed by atoms with E-state index >= 15 is 0 Å². The molecule has 14 heavy (non-hydrogen) atoms. The van der Waals surface area contributed by atoms with Crippen molar-refractivity contribution < 1.29 is 0 Å². The summed E-state index contributed by atoms with van der Waals surface area (Å²) >= 11 is 12.7. The summed E-state index contributed by atoms with van der Waals surface area (Å²) in [6.07, 6.45) is 2.70. The van der Waals surface area contributed by atoms with Gasteiger partial charge in [-0.1, -0.05) is 29.3 Å². The summed E-state index contributed by atoms with van der Waals surface area (Å²) in [5.41, 5.74) is 1.41. The lowest BCUT2D eigenvalue weighted by atomic mass is 10.1. The number of halogens is 3. The third kappa shape index (κ3) is 2.28. The van der Waals surface area contributed by atoms with E-state index < -0.39 is 0 Å². The first-order valence-corrected chi connectivity index (χ1v) is 8.04. The van der Waals surface area contributed by atoms with E-state index in [1.807, 2.05) is 0 Å². The van der Waals surface area contributed by atoms with E-state index in [0.29, 0.717) is 4.83 Å². The van der Waals surface area contributed by atoms with Crippen LogP contribution >= 0.6 is 59.1 Å². The maximum atomic E-state index is 3.81. The molecule has 0 spiro atoms. The molecule has 3 atom stereocenters. The van der Waals surface area contributed by atoms with Crippen LogP contribution in [0.5, 0.6) is 0 Å². The minimum Gasteiger partial charge on any atom is -0.121 e. The zero-order valence-corrected chi connectivity index (χ0v) is 13.3. The minimum absolute atomic E-state index is 0.532. The summed E-state index contributed by atoms with van der Waals surface area (Å²) in [6.45, 7) is 2.28. The Kier molecular flexibility index (Phi) is 3.78. The summed E-state index contributed by atoms with van der Waals surface area (Å²) in [5, 5.41) is 0. The van der Waals surface area contributed by atoms with Gasteiger partial charge in [0.15, 0.2) is 0 Å². The molecule has 0 nitrogen and oxygen atoms in total. The van der Waals surface area contributed by atoms with Crippen LogP contribution in [0.1, 0.15) is 30.2 Å². The van der Waals surface area contributed by atoms with Gasteiger partial charge in [0.05, 0.1) is 7.57 Å². The van der Waals surface area contributed by atoms with E-state index in [2.05, 4.69) is 60.8 Å². The first-order valence-electron chi connectivity index (χ1n) is 4.72. The van der Waals surface area contributed by atoms with Crippen molar-refractivity contribution in [2.75, 3.05) is 0 Å². The van der Waals surface area contributed by atoms with Crippen LogP contribution in [0.15, 0.2) is 13.6 Å². The fraction of sp³-hybridized carbons (Fsp3) is 0.600. The molecular formula is C10H11Br3S. The highest BCUT2D eigenvalue weighted by Crippen LogP contribution is 2.55. The highest BCUT2D eigenvalue weighted by Gasteiger charge is 2.41. The maximum absolute atomic E-state index is 3.81. The fourth-order valence-corrected chi connectivity index (χ4v) is 6.27. The highest BCUT2D eigenvalue weighted by molar-refractivity contribution is 9.12. The molecule has 0 radical (unpaired) electrons. The largest absolute Gasteiger partial charge is 0.121 e. The molecule has 1 heterocycles. The van der Waals surface area contributed by atoms with Crippen LogP contribution in [0.25, 0.3) is 0 Å². The van der Waals surface area contributed by atoms with Crippen molar-refractivity contribution in [3.05, 3.63) is 19.2 Å². The van der Waals surface area contributed by atoms with Gasteiger partial charge in [0.2, 0.25) is 0 Å². The van der Waals surface area contributed by atoms with Crippen LogP contribution in [-0.4, -0.2) is 0 Å². The van der Waals surface area contributed by atoms with Gasteiger partial charge in [0, 0.05) is 4.83 Å². The predicted octanol–water partition coefficient (Wildman–Crippen LogP) is 5.76. The summed E-state index contributed by atoms with van der Waals surface area (Å²) in [4.78, 5) is 0.532. The van der Waals surface area contributed by atoms with Crippen LogP contribution in [-0.2, 0) is 0 Å². The topological polar surface area (TPSA) is 0 Å². The first-order chi connectivity index (χ1) is 6.63. The smallest absolute Gasteiger partial charge is 0.0753 e. The van der Waals surface area contributed by atoms with Gasteiger partial charge in [-0.25, -0.2) is 0 Å². The number of rotatable bonds is 3. The molecule has 0 N–H and O–H groups in total. The molecule has 2 rings (SSSR count). The molecule has 1 aliphatic rings. The normalized spacial score (nSPS) is 27.7. The quantitative estimate of drug-likeness (QED) is 0.564. The van der Waals surface area contributed by atoms with Gasteiger partial charge in [-0.3, -0.25) is 0 Å². The molecule has 1 unspecified atom stereocenters. The Morgan fingerprint density at radius 3 is 2.71 bits per heavy atom. The van der Waals surface area contributed by atoms with E-state index in [9.17, 15) is 0 Å². The summed E-state index contributed by atoms with van der Waals surface area (Å²) < 4.78 is 2.46. The van der Waals surface area contributed by atoms with Crippen molar-refractivity contribution >= 4 is 59.1 Å². The van der Waals surface area contributed by atoms with Crippen molar-refractivity contribution in [1.82, 2.24) is 0 Å². The van der Waals surface area contributed by atoms with Gasteiger partial charge in [-0.2, -0.15) is 0 Å². The lowest BCUT2D eigenvalue weighted by Crippen LogP contribution is -1.92. The Balaban J connectivity index is 2.12. The Morgan fingerprint density at radius 1 is 1.57 bits per heavy atom. The molecule has 1 aromatic heterocycles. The third-order valence-corrected chi connectivity index (χ3v) is 6.42. The van der Waals surface area contributed by atoms with Gasteiger partial charge >= 0.3 is 0 Å².